The first kappa shape index (κ1) is 22.4. The third-order valence-electron chi connectivity index (χ3n) is 4.52. The molecule has 0 aliphatic carbocycles. The number of sulfone groups is 1. The van der Waals surface area contributed by atoms with Crippen LogP contribution in [0, 0.1) is 0 Å². The van der Waals surface area contributed by atoms with E-state index in [-0.39, 0.29) is 15.5 Å². The number of benzene rings is 3. The van der Waals surface area contributed by atoms with Crippen molar-refractivity contribution in [3.8, 4) is 11.5 Å². The molecular weight excluding hydrogens is 416 g/mol. The van der Waals surface area contributed by atoms with Gasteiger partial charge in [-0.25, -0.2) is 13.2 Å². The van der Waals surface area contributed by atoms with Gasteiger partial charge in [-0.1, -0.05) is 36.4 Å². The van der Waals surface area contributed by atoms with Crippen molar-refractivity contribution in [2.45, 2.75) is 35.7 Å². The van der Waals surface area contributed by atoms with Gasteiger partial charge in [0.05, 0.1) is 16.9 Å². The Morgan fingerprint density at radius 3 is 2.16 bits per heavy atom. The monoisotopic (exact) mass is 440 g/mol. The molecule has 0 aliphatic heterocycles. The van der Waals surface area contributed by atoms with Crippen LogP contribution in [0.25, 0.3) is 0 Å². The van der Waals surface area contributed by atoms with E-state index in [9.17, 15) is 13.2 Å². The first-order valence-electron chi connectivity index (χ1n) is 9.64. The zero-order chi connectivity index (χ0) is 22.5. The fraction of sp³-hybridized carbons (Fsp3) is 0.208. The molecule has 0 aromatic heterocycles. The van der Waals surface area contributed by atoms with E-state index in [1.165, 1.54) is 43.5 Å². The Bertz CT molecular complexity index is 1140. The van der Waals surface area contributed by atoms with Crippen LogP contribution >= 0.6 is 0 Å². The molecular formula is C24H24O6S. The molecule has 0 heterocycles. The minimum absolute atomic E-state index is 0.0749. The number of methoxy groups -OCH3 is 1. The molecule has 0 radical (unpaired) electrons. The summed E-state index contributed by atoms with van der Waals surface area (Å²) < 4.78 is 41.4. The predicted molar refractivity (Wildman–Crippen MR) is 116 cm³/mol. The molecule has 6 nitrogen and oxygen atoms in total. The van der Waals surface area contributed by atoms with E-state index in [0.29, 0.717) is 12.2 Å². The van der Waals surface area contributed by atoms with Crippen LogP contribution in [-0.4, -0.2) is 27.3 Å². The van der Waals surface area contributed by atoms with E-state index in [4.69, 9.17) is 14.2 Å². The molecule has 0 amide bonds. The van der Waals surface area contributed by atoms with Crippen molar-refractivity contribution in [3.63, 3.8) is 0 Å². The Morgan fingerprint density at radius 1 is 0.839 bits per heavy atom. The van der Waals surface area contributed by atoms with Gasteiger partial charge in [0.15, 0.2) is 0 Å². The molecule has 0 fully saturated rings. The molecule has 0 spiro atoms. The number of hydrogen-bond donors (Lipinski definition) is 0. The Labute approximate surface area is 182 Å². The summed E-state index contributed by atoms with van der Waals surface area (Å²) in [6.45, 7) is 3.59. The molecule has 0 saturated carbocycles. The minimum Gasteiger partial charge on any atom is -0.497 e. The first-order chi connectivity index (χ1) is 14.7. The molecule has 0 saturated heterocycles. The van der Waals surface area contributed by atoms with Gasteiger partial charge in [-0.05, 0) is 61.9 Å². The summed E-state index contributed by atoms with van der Waals surface area (Å²) in [5.74, 6) is 0.631. The van der Waals surface area contributed by atoms with Crippen molar-refractivity contribution in [1.82, 2.24) is 0 Å². The van der Waals surface area contributed by atoms with E-state index in [2.05, 4.69) is 0 Å². The van der Waals surface area contributed by atoms with Crippen LogP contribution < -0.4 is 9.47 Å². The lowest BCUT2D eigenvalue weighted by Gasteiger charge is -2.24. The van der Waals surface area contributed by atoms with Gasteiger partial charge in [-0.15, -0.1) is 0 Å². The standard InChI is InChI=1S/C24H24O6S/c1-24(2,17-18-8-5-4-6-9-18)30-23(25)29-19-12-14-21(15-13-19)31(26,27)22-11-7-10-20(16-22)28-3/h4-16H,17H2,1-3H3. The normalized spacial score (nSPS) is 11.6. The van der Waals surface area contributed by atoms with Gasteiger partial charge in [0.2, 0.25) is 9.84 Å². The lowest BCUT2D eigenvalue weighted by molar-refractivity contribution is 0.00954. The van der Waals surface area contributed by atoms with Crippen molar-refractivity contribution in [1.29, 1.82) is 0 Å². The molecule has 3 aromatic rings. The summed E-state index contributed by atoms with van der Waals surface area (Å²) in [4.78, 5) is 12.4. The van der Waals surface area contributed by atoms with Gasteiger partial charge < -0.3 is 14.2 Å². The molecule has 0 bridgehead atoms. The number of hydrogen-bond acceptors (Lipinski definition) is 6. The van der Waals surface area contributed by atoms with Crippen molar-refractivity contribution in [3.05, 3.63) is 84.4 Å². The maximum absolute atomic E-state index is 12.8. The van der Waals surface area contributed by atoms with E-state index in [1.54, 1.807) is 26.0 Å². The molecule has 3 aromatic carbocycles. The van der Waals surface area contributed by atoms with Gasteiger partial charge in [-0.3, -0.25) is 0 Å². The van der Waals surface area contributed by atoms with Crippen LogP contribution in [0.2, 0.25) is 0 Å². The largest absolute Gasteiger partial charge is 0.514 e. The first-order valence-corrected chi connectivity index (χ1v) is 11.1. The van der Waals surface area contributed by atoms with Crippen LogP contribution in [-0.2, 0) is 21.0 Å². The molecule has 162 valence electrons. The van der Waals surface area contributed by atoms with Crippen LogP contribution in [0.3, 0.4) is 0 Å². The lowest BCUT2D eigenvalue weighted by atomic mass is 9.98. The number of carbonyl (C=O) groups excluding carboxylic acids is 1. The summed E-state index contributed by atoms with van der Waals surface area (Å²) in [5.41, 5.74) is 0.265. The van der Waals surface area contributed by atoms with Crippen LogP contribution in [0.1, 0.15) is 19.4 Å². The second-order valence-corrected chi connectivity index (χ2v) is 9.48. The Morgan fingerprint density at radius 2 is 1.52 bits per heavy atom. The Hall–Kier alpha value is -3.32. The smallest absolute Gasteiger partial charge is 0.497 e. The van der Waals surface area contributed by atoms with Gasteiger partial charge in [0.1, 0.15) is 17.1 Å². The zero-order valence-corrected chi connectivity index (χ0v) is 18.4. The molecule has 0 atom stereocenters. The number of carbonyl (C=O) groups is 1. The highest BCUT2D eigenvalue weighted by molar-refractivity contribution is 7.91. The summed E-state index contributed by atoms with van der Waals surface area (Å²) in [6, 6.07) is 21.5. The summed E-state index contributed by atoms with van der Waals surface area (Å²) in [6.07, 6.45) is -0.329. The quantitative estimate of drug-likeness (QED) is 0.377. The van der Waals surface area contributed by atoms with Gasteiger partial charge in [0.25, 0.3) is 0 Å². The third-order valence-corrected chi connectivity index (χ3v) is 6.29. The molecule has 0 unspecified atom stereocenters. The maximum atomic E-state index is 12.8. The average Bonchev–Trinajstić information content (AvgIpc) is 2.74. The van der Waals surface area contributed by atoms with Gasteiger partial charge in [0, 0.05) is 6.42 Å². The van der Waals surface area contributed by atoms with E-state index in [0.717, 1.165) is 5.56 Å². The highest BCUT2D eigenvalue weighted by Crippen LogP contribution is 2.26. The average molecular weight is 441 g/mol. The highest BCUT2D eigenvalue weighted by atomic mass is 32.2. The second-order valence-electron chi connectivity index (χ2n) is 7.53. The molecule has 3 rings (SSSR count). The Balaban J connectivity index is 1.66. The second kappa shape index (κ2) is 9.22. The molecule has 0 N–H and O–H groups in total. The zero-order valence-electron chi connectivity index (χ0n) is 17.6. The number of rotatable bonds is 7. The van der Waals surface area contributed by atoms with Gasteiger partial charge in [-0.2, -0.15) is 0 Å². The van der Waals surface area contributed by atoms with Gasteiger partial charge >= 0.3 is 6.16 Å². The molecule has 0 aliphatic rings. The fourth-order valence-electron chi connectivity index (χ4n) is 3.06. The van der Waals surface area contributed by atoms with Crippen molar-refractivity contribution < 1.29 is 27.4 Å². The summed E-state index contributed by atoms with van der Waals surface area (Å²) >= 11 is 0. The SMILES string of the molecule is COc1cccc(S(=O)(=O)c2ccc(OC(=O)OC(C)(C)Cc3ccccc3)cc2)c1. The van der Waals surface area contributed by atoms with E-state index >= 15 is 0 Å². The fourth-order valence-corrected chi connectivity index (χ4v) is 4.35. The Kier molecular flexibility index (Phi) is 6.65. The van der Waals surface area contributed by atoms with Crippen LogP contribution in [0.15, 0.2) is 88.7 Å². The van der Waals surface area contributed by atoms with Crippen LogP contribution in [0.5, 0.6) is 11.5 Å². The highest BCUT2D eigenvalue weighted by Gasteiger charge is 2.25. The van der Waals surface area contributed by atoms with Crippen molar-refractivity contribution >= 4 is 16.0 Å². The topological polar surface area (TPSA) is 78.9 Å². The van der Waals surface area contributed by atoms with E-state index < -0.39 is 21.6 Å². The maximum Gasteiger partial charge on any atom is 0.514 e. The lowest BCUT2D eigenvalue weighted by Crippen LogP contribution is -2.32. The molecule has 31 heavy (non-hydrogen) atoms. The number of ether oxygens (including phenoxy) is 3. The van der Waals surface area contributed by atoms with Crippen LogP contribution in [0.4, 0.5) is 4.79 Å². The van der Waals surface area contributed by atoms with Crippen molar-refractivity contribution in [2.24, 2.45) is 0 Å². The van der Waals surface area contributed by atoms with Crippen molar-refractivity contribution in [2.75, 3.05) is 7.11 Å². The summed E-state index contributed by atoms with van der Waals surface area (Å²) in [7, 11) is -2.26. The minimum atomic E-state index is -3.73. The summed E-state index contributed by atoms with van der Waals surface area (Å²) in [5, 5.41) is 0. The third kappa shape index (κ3) is 5.86. The molecule has 7 heteroatoms. The van der Waals surface area contributed by atoms with E-state index in [1.807, 2.05) is 30.3 Å². The predicted octanol–water partition coefficient (Wildman–Crippen LogP) is 5.06.